The van der Waals surface area contributed by atoms with E-state index in [1.54, 1.807) is 6.20 Å². The van der Waals surface area contributed by atoms with Gasteiger partial charge in [-0.2, -0.15) is 0 Å². The quantitative estimate of drug-likeness (QED) is 0.802. The summed E-state index contributed by atoms with van der Waals surface area (Å²) in [7, 11) is 0. The van der Waals surface area contributed by atoms with E-state index in [9.17, 15) is 0 Å². The minimum Gasteiger partial charge on any atom is -0.404 e. The number of pyridine rings is 1. The third-order valence-electron chi connectivity index (χ3n) is 2.64. The van der Waals surface area contributed by atoms with Crippen LogP contribution in [-0.2, 0) is 6.54 Å². The lowest BCUT2D eigenvalue weighted by molar-refractivity contribution is 1.07. The topological polar surface area (TPSA) is 64.9 Å². The van der Waals surface area contributed by atoms with E-state index in [4.69, 9.17) is 11.5 Å². The minimum absolute atomic E-state index is 0.555. The maximum atomic E-state index is 5.59. The lowest BCUT2D eigenvalue weighted by atomic mass is 10.1. The highest BCUT2D eigenvalue weighted by Crippen LogP contribution is 2.18. The molecule has 2 aromatic rings. The molecule has 4 N–H and O–H groups in total. The van der Waals surface area contributed by atoms with Crippen molar-refractivity contribution in [2.45, 2.75) is 13.5 Å². The molecule has 0 radical (unpaired) electrons. The Bertz CT molecular complexity index is 544. The summed E-state index contributed by atoms with van der Waals surface area (Å²) in [6, 6.07) is 10.1. The van der Waals surface area contributed by atoms with Crippen LogP contribution in [0.2, 0.25) is 0 Å². The maximum absolute atomic E-state index is 5.59. The molecule has 0 saturated carbocycles. The molecule has 0 bridgehead atoms. The van der Waals surface area contributed by atoms with Gasteiger partial charge < -0.3 is 11.5 Å². The van der Waals surface area contributed by atoms with Crippen molar-refractivity contribution in [2.24, 2.45) is 11.5 Å². The molecule has 1 aromatic carbocycles. The van der Waals surface area contributed by atoms with Crippen LogP contribution in [0, 0.1) is 0 Å². The van der Waals surface area contributed by atoms with Crippen LogP contribution in [0.25, 0.3) is 16.5 Å². The van der Waals surface area contributed by atoms with Crippen LogP contribution in [0.3, 0.4) is 0 Å². The summed E-state index contributed by atoms with van der Waals surface area (Å²) in [6.07, 6.45) is 1.57. The molecule has 0 atom stereocenters. The van der Waals surface area contributed by atoms with Crippen molar-refractivity contribution >= 4 is 16.5 Å². The second-order valence-corrected chi connectivity index (χ2v) is 3.78. The third kappa shape index (κ3) is 1.90. The van der Waals surface area contributed by atoms with Crippen molar-refractivity contribution in [3.63, 3.8) is 0 Å². The number of nitrogens with two attached hydrogens (primary N) is 2. The number of fused-ring (bicyclic) bond motifs is 1. The average Bonchev–Trinajstić information content (AvgIpc) is 2.36. The SMILES string of the molecule is C/C(=C\N)c1ccc2cc(CN)ccc2n1. The number of nitrogens with zero attached hydrogens (tertiary/aromatic N) is 1. The summed E-state index contributed by atoms with van der Waals surface area (Å²) in [5.41, 5.74) is 15.0. The van der Waals surface area contributed by atoms with Gasteiger partial charge in [-0.3, -0.25) is 0 Å². The molecule has 1 heterocycles. The smallest absolute Gasteiger partial charge is 0.0709 e. The molecule has 16 heavy (non-hydrogen) atoms. The molecule has 1 aromatic heterocycles. The lowest BCUT2D eigenvalue weighted by Crippen LogP contribution is -1.96. The molecule has 0 aliphatic rings. The first-order valence-electron chi connectivity index (χ1n) is 5.23. The third-order valence-corrected chi connectivity index (χ3v) is 2.64. The predicted molar refractivity (Wildman–Crippen MR) is 67.5 cm³/mol. The Balaban J connectivity index is 2.56. The van der Waals surface area contributed by atoms with Crippen LogP contribution in [-0.4, -0.2) is 4.98 Å². The van der Waals surface area contributed by atoms with Crippen molar-refractivity contribution in [1.82, 2.24) is 4.98 Å². The Morgan fingerprint density at radius 1 is 1.31 bits per heavy atom. The molecule has 0 amide bonds. The van der Waals surface area contributed by atoms with E-state index in [-0.39, 0.29) is 0 Å². The predicted octanol–water partition coefficient (Wildman–Crippen LogP) is 2.01. The highest BCUT2D eigenvalue weighted by molar-refractivity contribution is 5.81. The van der Waals surface area contributed by atoms with Crippen LogP contribution >= 0.6 is 0 Å². The summed E-state index contributed by atoms with van der Waals surface area (Å²) in [6.45, 7) is 2.50. The first kappa shape index (κ1) is 10.6. The number of rotatable bonds is 2. The van der Waals surface area contributed by atoms with Crippen molar-refractivity contribution in [2.75, 3.05) is 0 Å². The molecule has 2 rings (SSSR count). The van der Waals surface area contributed by atoms with Crippen molar-refractivity contribution in [1.29, 1.82) is 0 Å². The Morgan fingerprint density at radius 2 is 2.12 bits per heavy atom. The zero-order chi connectivity index (χ0) is 11.5. The fraction of sp³-hybridized carbons (Fsp3) is 0.154. The van der Waals surface area contributed by atoms with E-state index in [0.29, 0.717) is 6.54 Å². The summed E-state index contributed by atoms with van der Waals surface area (Å²) in [4.78, 5) is 4.53. The molecule has 0 unspecified atom stereocenters. The molecule has 3 nitrogen and oxygen atoms in total. The van der Waals surface area contributed by atoms with Gasteiger partial charge in [-0.25, -0.2) is 4.98 Å². The highest BCUT2D eigenvalue weighted by Gasteiger charge is 2.00. The molecular weight excluding hydrogens is 198 g/mol. The van der Waals surface area contributed by atoms with E-state index in [0.717, 1.165) is 27.7 Å². The van der Waals surface area contributed by atoms with Crippen molar-refractivity contribution in [3.8, 4) is 0 Å². The van der Waals surface area contributed by atoms with Gasteiger partial charge in [0.1, 0.15) is 0 Å². The van der Waals surface area contributed by atoms with Crippen molar-refractivity contribution < 1.29 is 0 Å². The molecule has 0 aliphatic heterocycles. The van der Waals surface area contributed by atoms with Gasteiger partial charge in [-0.05, 0) is 42.5 Å². The standard InChI is InChI=1S/C13H15N3/c1-9(7-14)12-5-3-11-6-10(8-15)2-4-13(11)16-12/h2-7H,8,14-15H2,1H3/b9-7+. The van der Waals surface area contributed by atoms with E-state index < -0.39 is 0 Å². The van der Waals surface area contributed by atoms with Crippen LogP contribution < -0.4 is 11.5 Å². The first-order valence-corrected chi connectivity index (χ1v) is 5.23. The molecule has 0 fully saturated rings. The Kier molecular flexibility index (Phi) is 2.88. The van der Waals surface area contributed by atoms with Gasteiger partial charge in [-0.15, -0.1) is 0 Å². The van der Waals surface area contributed by atoms with Gasteiger partial charge in [0, 0.05) is 11.9 Å². The Hall–Kier alpha value is -1.87. The van der Waals surface area contributed by atoms with Crippen LogP contribution in [0.15, 0.2) is 36.5 Å². The van der Waals surface area contributed by atoms with E-state index in [1.165, 1.54) is 0 Å². The average molecular weight is 213 g/mol. The largest absolute Gasteiger partial charge is 0.404 e. The Labute approximate surface area is 94.8 Å². The van der Waals surface area contributed by atoms with Crippen LogP contribution in [0.1, 0.15) is 18.2 Å². The number of hydrogen-bond acceptors (Lipinski definition) is 3. The zero-order valence-corrected chi connectivity index (χ0v) is 9.27. The summed E-state index contributed by atoms with van der Waals surface area (Å²) >= 11 is 0. The van der Waals surface area contributed by atoms with Crippen LogP contribution in [0.4, 0.5) is 0 Å². The molecule has 82 valence electrons. The number of allylic oxidation sites excluding steroid dienone is 1. The first-order chi connectivity index (χ1) is 7.74. The van der Waals surface area contributed by atoms with E-state index in [1.807, 2.05) is 31.2 Å². The van der Waals surface area contributed by atoms with E-state index >= 15 is 0 Å². The summed E-state index contributed by atoms with van der Waals surface area (Å²) in [5.74, 6) is 0. The fourth-order valence-corrected chi connectivity index (χ4v) is 1.61. The number of hydrogen-bond donors (Lipinski definition) is 2. The van der Waals surface area contributed by atoms with Gasteiger partial charge in [0.2, 0.25) is 0 Å². The molecule has 3 heteroatoms. The molecule has 0 spiro atoms. The summed E-state index contributed by atoms with van der Waals surface area (Å²) < 4.78 is 0. The number of benzene rings is 1. The second kappa shape index (κ2) is 4.33. The number of aromatic nitrogens is 1. The molecular formula is C13H15N3. The Morgan fingerprint density at radius 3 is 2.81 bits per heavy atom. The second-order valence-electron chi connectivity index (χ2n) is 3.78. The molecule has 0 saturated heterocycles. The van der Waals surface area contributed by atoms with E-state index in [2.05, 4.69) is 11.1 Å². The minimum atomic E-state index is 0.555. The zero-order valence-electron chi connectivity index (χ0n) is 9.27. The van der Waals surface area contributed by atoms with Gasteiger partial charge in [-0.1, -0.05) is 12.1 Å². The monoisotopic (exact) mass is 213 g/mol. The van der Waals surface area contributed by atoms with Gasteiger partial charge in [0.25, 0.3) is 0 Å². The van der Waals surface area contributed by atoms with Gasteiger partial charge in [0.05, 0.1) is 11.2 Å². The maximum Gasteiger partial charge on any atom is 0.0709 e. The lowest BCUT2D eigenvalue weighted by Gasteiger charge is -2.04. The van der Waals surface area contributed by atoms with Gasteiger partial charge in [0.15, 0.2) is 0 Å². The van der Waals surface area contributed by atoms with Crippen molar-refractivity contribution in [3.05, 3.63) is 47.8 Å². The summed E-state index contributed by atoms with van der Waals surface area (Å²) in [5, 5.41) is 1.11. The highest BCUT2D eigenvalue weighted by atomic mass is 14.7. The normalized spacial score (nSPS) is 12.0. The molecule has 0 aliphatic carbocycles. The fourth-order valence-electron chi connectivity index (χ4n) is 1.61. The van der Waals surface area contributed by atoms with Crippen LogP contribution in [0.5, 0.6) is 0 Å². The van der Waals surface area contributed by atoms with Gasteiger partial charge >= 0.3 is 0 Å².